The van der Waals surface area contributed by atoms with Crippen LogP contribution in [-0.4, -0.2) is 34.5 Å². The van der Waals surface area contributed by atoms with Gasteiger partial charge in [-0.3, -0.25) is 9.59 Å². The molecule has 0 unspecified atom stereocenters. The number of Topliss-reactive ketones (excluding diaryl/α,β-unsaturated/α-hetero) is 1. The highest BCUT2D eigenvalue weighted by molar-refractivity contribution is 6.15. The molecule has 1 amide bonds. The number of carbonyl (C=O) groups is 3. The topological polar surface area (TPSA) is 177 Å². The van der Waals surface area contributed by atoms with Gasteiger partial charge in [0.05, 0.1) is 29.1 Å². The van der Waals surface area contributed by atoms with Crippen molar-refractivity contribution >= 4 is 40.1 Å². The van der Waals surface area contributed by atoms with E-state index in [4.69, 9.17) is 25.4 Å². The first-order valence-corrected chi connectivity index (χ1v) is 14.1. The summed E-state index contributed by atoms with van der Waals surface area (Å²) in [5, 5.41) is 2.68. The van der Waals surface area contributed by atoms with Crippen molar-refractivity contribution in [1.29, 1.82) is 0 Å². The number of nitrogens with zero attached hydrogens (tertiary/aromatic N) is 1. The number of hydrogen-bond donors (Lipinski definition) is 3. The zero-order chi connectivity index (χ0) is 32.0. The molecule has 11 nitrogen and oxygen atoms in total. The van der Waals surface area contributed by atoms with E-state index in [2.05, 4.69) is 10.3 Å². The molecule has 11 heteroatoms. The van der Waals surface area contributed by atoms with Crippen molar-refractivity contribution in [2.24, 2.45) is 0 Å². The molecule has 0 aliphatic carbocycles. The number of nitrogens with one attached hydrogen (secondary N) is 1. The highest BCUT2D eigenvalue weighted by Gasteiger charge is 2.30. The van der Waals surface area contributed by atoms with E-state index in [9.17, 15) is 19.2 Å². The number of carbonyl (C=O) groups excluding carboxylic acids is 3. The lowest BCUT2D eigenvalue weighted by Gasteiger charge is -2.21. The lowest BCUT2D eigenvalue weighted by atomic mass is 9.92. The molecule has 230 valence electrons. The zero-order valence-electron chi connectivity index (χ0n) is 25.1. The Bertz CT molecular complexity index is 1730. The molecule has 1 aromatic heterocycles. The molecule has 0 spiro atoms. The monoisotopic (exact) mass is 600 g/mol. The van der Waals surface area contributed by atoms with E-state index in [1.807, 2.05) is 60.7 Å². The molecule has 0 saturated carbocycles. The number of fused-ring (bicyclic) bond motifs is 1. The average molecular weight is 601 g/mol. The fourth-order valence-corrected chi connectivity index (χ4v) is 4.68. The number of nitrogens with two attached hydrogens (primary N) is 2. The lowest BCUT2D eigenvalue weighted by Crippen LogP contribution is -2.43. The maximum absolute atomic E-state index is 14.1. The van der Waals surface area contributed by atoms with Gasteiger partial charge < -0.3 is 30.7 Å². The van der Waals surface area contributed by atoms with Crippen LogP contribution in [0.4, 0.5) is 16.2 Å². The molecule has 3 aromatic carbocycles. The third-order valence-electron chi connectivity index (χ3n) is 6.77. The lowest BCUT2D eigenvalue weighted by molar-refractivity contribution is -0.154. The van der Waals surface area contributed by atoms with Crippen LogP contribution < -0.4 is 22.4 Å². The van der Waals surface area contributed by atoms with Crippen LogP contribution in [0.3, 0.4) is 0 Å². The number of alkyl carbamates (subject to hydrolysis) is 1. The van der Waals surface area contributed by atoms with E-state index < -0.39 is 35.1 Å². The minimum Gasteiger partial charge on any atom is -0.460 e. The molecule has 1 atom stereocenters. The van der Waals surface area contributed by atoms with E-state index in [0.29, 0.717) is 0 Å². The van der Waals surface area contributed by atoms with E-state index in [1.54, 1.807) is 27.7 Å². The molecule has 0 aliphatic rings. The molecular formula is C33H36N4O7. The number of ketones is 1. The molecule has 4 rings (SSSR count). The van der Waals surface area contributed by atoms with Crippen LogP contribution in [0.15, 0.2) is 69.9 Å². The van der Waals surface area contributed by atoms with Crippen molar-refractivity contribution in [3.8, 4) is 0 Å². The molecule has 1 heterocycles. The van der Waals surface area contributed by atoms with E-state index in [1.165, 1.54) is 0 Å². The SMILES string of the molecule is Cc1c(N)c(C(=O)[C@H](Cc2ccccc2)NC(=O)OCc2ccccc2)c(N)c2nc(CCC(=O)OC(C)(C)C)oc(=O)c12. The van der Waals surface area contributed by atoms with Crippen LogP contribution in [0.25, 0.3) is 10.9 Å². The fourth-order valence-electron chi connectivity index (χ4n) is 4.68. The minimum atomic E-state index is -1.12. The molecule has 44 heavy (non-hydrogen) atoms. The Morgan fingerprint density at radius 2 is 1.57 bits per heavy atom. The first-order valence-electron chi connectivity index (χ1n) is 14.1. The summed E-state index contributed by atoms with van der Waals surface area (Å²) < 4.78 is 16.1. The molecule has 5 N–H and O–H groups in total. The molecule has 0 saturated heterocycles. The summed E-state index contributed by atoms with van der Waals surface area (Å²) in [5.41, 5.74) is 13.0. The van der Waals surface area contributed by atoms with Gasteiger partial charge >= 0.3 is 17.7 Å². The van der Waals surface area contributed by atoms with Crippen molar-refractivity contribution in [2.45, 2.75) is 65.2 Å². The van der Waals surface area contributed by atoms with Crippen LogP contribution in [0, 0.1) is 6.92 Å². The highest BCUT2D eigenvalue weighted by atomic mass is 16.6. The van der Waals surface area contributed by atoms with Gasteiger partial charge in [-0.15, -0.1) is 0 Å². The summed E-state index contributed by atoms with van der Waals surface area (Å²) >= 11 is 0. The number of nitrogen functional groups attached to an aromatic ring is 2. The molecule has 4 aromatic rings. The van der Waals surface area contributed by atoms with Gasteiger partial charge in [-0.05, 0) is 44.4 Å². The van der Waals surface area contributed by atoms with E-state index >= 15 is 0 Å². The first-order chi connectivity index (χ1) is 20.8. The third-order valence-corrected chi connectivity index (χ3v) is 6.77. The van der Waals surface area contributed by atoms with Crippen LogP contribution in [0.1, 0.15) is 60.1 Å². The normalized spacial score (nSPS) is 12.0. The smallest absolute Gasteiger partial charge is 0.408 e. The maximum Gasteiger partial charge on any atom is 0.408 e. The molecular weight excluding hydrogens is 564 g/mol. The van der Waals surface area contributed by atoms with Crippen LogP contribution >= 0.6 is 0 Å². The van der Waals surface area contributed by atoms with Gasteiger partial charge in [0.1, 0.15) is 17.7 Å². The predicted molar refractivity (Wildman–Crippen MR) is 166 cm³/mol. The fraction of sp³-hybridized carbons (Fsp3) is 0.303. The highest BCUT2D eigenvalue weighted by Crippen LogP contribution is 2.33. The van der Waals surface area contributed by atoms with Crippen LogP contribution in [0.5, 0.6) is 0 Å². The van der Waals surface area contributed by atoms with Crippen LogP contribution in [-0.2, 0) is 33.7 Å². The van der Waals surface area contributed by atoms with Crippen molar-refractivity contribution in [3.05, 3.63) is 99.2 Å². The summed E-state index contributed by atoms with van der Waals surface area (Å²) in [4.78, 5) is 56.6. The Morgan fingerprint density at radius 3 is 2.18 bits per heavy atom. The first kappa shape index (κ1) is 31.7. The Kier molecular flexibility index (Phi) is 9.67. The van der Waals surface area contributed by atoms with Gasteiger partial charge in [0.2, 0.25) is 0 Å². The van der Waals surface area contributed by atoms with Crippen LogP contribution in [0.2, 0.25) is 0 Å². The second-order valence-electron chi connectivity index (χ2n) is 11.3. The van der Waals surface area contributed by atoms with Gasteiger partial charge in [-0.1, -0.05) is 60.7 Å². The zero-order valence-corrected chi connectivity index (χ0v) is 25.1. The second-order valence-corrected chi connectivity index (χ2v) is 11.3. The quantitative estimate of drug-likeness (QED) is 0.132. The predicted octanol–water partition coefficient (Wildman–Crippen LogP) is 4.66. The van der Waals surface area contributed by atoms with Gasteiger partial charge in [0.15, 0.2) is 11.7 Å². The summed E-state index contributed by atoms with van der Waals surface area (Å²) in [5.74, 6) is -1.13. The number of benzene rings is 3. The molecule has 0 fully saturated rings. The molecule has 0 bridgehead atoms. The minimum absolute atomic E-state index is 0.00402. The third kappa shape index (κ3) is 7.80. The van der Waals surface area contributed by atoms with Crippen molar-refractivity contribution < 1.29 is 28.3 Å². The van der Waals surface area contributed by atoms with Gasteiger partial charge in [0, 0.05) is 18.5 Å². The molecule has 0 aliphatic heterocycles. The summed E-state index contributed by atoms with van der Waals surface area (Å²) in [6.45, 7) is 6.79. The van der Waals surface area contributed by atoms with E-state index in [0.717, 1.165) is 11.1 Å². The number of amides is 1. The average Bonchev–Trinajstić information content (AvgIpc) is 2.97. The largest absolute Gasteiger partial charge is 0.460 e. The number of aryl methyl sites for hydroxylation is 2. The number of ether oxygens (including phenoxy) is 2. The number of rotatable bonds is 10. The number of esters is 1. The number of aromatic nitrogens is 1. The van der Waals surface area contributed by atoms with Crippen molar-refractivity contribution in [3.63, 3.8) is 0 Å². The van der Waals surface area contributed by atoms with Crippen molar-refractivity contribution in [1.82, 2.24) is 10.3 Å². The van der Waals surface area contributed by atoms with Gasteiger partial charge in [-0.25, -0.2) is 14.6 Å². The Balaban J connectivity index is 1.67. The standard InChI is InChI=1S/C33H36N4O7/c1-19-25-29(37-23(43-31(25)40)15-16-24(38)44-33(2,3)4)28(35)26(27(19)34)30(39)22(17-20-11-7-5-8-12-20)36-32(41)42-18-21-13-9-6-10-14-21/h5-14,22H,15-18,34-35H2,1-4H3,(H,36,41)/t22-/m0/s1. The Labute approximate surface area is 254 Å². The summed E-state index contributed by atoms with van der Waals surface area (Å²) in [6.07, 6.45) is -0.813. The van der Waals surface area contributed by atoms with Gasteiger partial charge in [0.25, 0.3) is 0 Å². The maximum atomic E-state index is 14.1. The van der Waals surface area contributed by atoms with Crippen molar-refractivity contribution in [2.75, 3.05) is 11.5 Å². The summed E-state index contributed by atoms with van der Waals surface area (Å²) in [7, 11) is 0. The Hall–Kier alpha value is -5.19. The van der Waals surface area contributed by atoms with E-state index in [-0.39, 0.29) is 65.2 Å². The summed E-state index contributed by atoms with van der Waals surface area (Å²) in [6, 6.07) is 17.1. The molecule has 0 radical (unpaired) electrons. The Morgan fingerprint density at radius 1 is 0.955 bits per heavy atom. The number of anilines is 2. The number of hydrogen-bond acceptors (Lipinski definition) is 10. The second kappa shape index (κ2) is 13.4. The van der Waals surface area contributed by atoms with Gasteiger partial charge in [-0.2, -0.15) is 0 Å².